The summed E-state index contributed by atoms with van der Waals surface area (Å²) in [5, 5.41) is 5.70. The molecule has 0 bridgehead atoms. The second-order valence-electron chi connectivity index (χ2n) is 5.43. The summed E-state index contributed by atoms with van der Waals surface area (Å²) in [5.41, 5.74) is 0. The van der Waals surface area contributed by atoms with Crippen LogP contribution in [0.3, 0.4) is 0 Å². The second kappa shape index (κ2) is 9.70. The number of nitrogens with one attached hydrogen (secondary N) is 2. The fraction of sp³-hybridized carbons (Fsp3) is 0.857. The number of hydrogen-bond acceptors (Lipinski definition) is 5. The molecule has 1 fully saturated rings. The maximum atomic E-state index is 11.9. The number of hydrogen-bond donors (Lipinski definition) is 2. The summed E-state index contributed by atoms with van der Waals surface area (Å²) < 4.78 is 4.99. The molecule has 7 nitrogen and oxygen atoms in total. The third-order valence-corrected chi connectivity index (χ3v) is 3.40. The third kappa shape index (κ3) is 7.40. The third-order valence-electron chi connectivity index (χ3n) is 3.40. The van der Waals surface area contributed by atoms with Gasteiger partial charge in [0.05, 0.1) is 19.7 Å². The smallest absolute Gasteiger partial charge is 0.234 e. The van der Waals surface area contributed by atoms with E-state index < -0.39 is 0 Å². The fourth-order valence-electron chi connectivity index (χ4n) is 2.38. The van der Waals surface area contributed by atoms with Crippen molar-refractivity contribution in [1.29, 1.82) is 0 Å². The highest BCUT2D eigenvalue weighted by Gasteiger charge is 2.20. The first kappa shape index (κ1) is 17.9. The van der Waals surface area contributed by atoms with E-state index in [0.717, 1.165) is 26.2 Å². The Bertz CT molecular complexity index is 330. The van der Waals surface area contributed by atoms with E-state index in [-0.39, 0.29) is 17.9 Å². The van der Waals surface area contributed by atoms with Crippen LogP contribution in [0.25, 0.3) is 0 Å². The van der Waals surface area contributed by atoms with Crippen LogP contribution in [-0.2, 0) is 14.3 Å². The zero-order chi connectivity index (χ0) is 15.7. The molecule has 7 heteroatoms. The predicted molar refractivity (Wildman–Crippen MR) is 81.0 cm³/mol. The Morgan fingerprint density at radius 2 is 1.62 bits per heavy atom. The number of amides is 2. The summed E-state index contributed by atoms with van der Waals surface area (Å²) in [6.45, 7) is 9.13. The molecule has 1 rings (SSSR count). The number of likely N-dealkylation sites (N-methyl/N-ethyl adjacent to an activating group) is 1. The van der Waals surface area contributed by atoms with Gasteiger partial charge in [0.15, 0.2) is 0 Å². The van der Waals surface area contributed by atoms with Crippen LogP contribution >= 0.6 is 0 Å². The lowest BCUT2D eigenvalue weighted by Gasteiger charge is -2.34. The molecular formula is C14H28N4O3. The number of nitrogens with zero attached hydrogens (tertiary/aromatic N) is 2. The molecule has 2 N–H and O–H groups in total. The van der Waals surface area contributed by atoms with Gasteiger partial charge >= 0.3 is 0 Å². The quantitative estimate of drug-likeness (QED) is 0.595. The van der Waals surface area contributed by atoms with Crippen molar-refractivity contribution in [3.8, 4) is 0 Å². The van der Waals surface area contributed by atoms with Crippen molar-refractivity contribution >= 4 is 11.8 Å². The Kier molecular flexibility index (Phi) is 8.26. The highest BCUT2D eigenvalue weighted by Crippen LogP contribution is 2.01. The molecule has 122 valence electrons. The number of rotatable bonds is 8. The summed E-state index contributed by atoms with van der Waals surface area (Å²) >= 11 is 0. The highest BCUT2D eigenvalue weighted by molar-refractivity contribution is 5.78. The first-order chi connectivity index (χ1) is 10.0. The first-order valence-corrected chi connectivity index (χ1v) is 7.54. The number of carbonyl (C=O) groups excluding carboxylic acids is 2. The average molecular weight is 300 g/mol. The topological polar surface area (TPSA) is 73.9 Å². The Labute approximate surface area is 127 Å². The SMILES string of the molecule is CCNC(=O)CN1CCN(CC(=O)N[C@H](C)COC)CC1. The van der Waals surface area contributed by atoms with E-state index in [9.17, 15) is 9.59 Å². The standard InChI is InChI=1S/C14H28N4O3/c1-4-15-13(19)9-17-5-7-18(8-6-17)10-14(20)16-12(2)11-21-3/h12H,4-11H2,1-3H3,(H,15,19)(H,16,20)/t12-/m1/s1. The first-order valence-electron chi connectivity index (χ1n) is 7.54. The van der Waals surface area contributed by atoms with Crippen molar-refractivity contribution in [2.75, 3.05) is 59.5 Å². The zero-order valence-electron chi connectivity index (χ0n) is 13.4. The van der Waals surface area contributed by atoms with Crippen LogP contribution in [0.1, 0.15) is 13.8 Å². The van der Waals surface area contributed by atoms with Crippen molar-refractivity contribution in [1.82, 2.24) is 20.4 Å². The fourth-order valence-corrected chi connectivity index (χ4v) is 2.38. The minimum absolute atomic E-state index is 0.0247. The Morgan fingerprint density at radius 3 is 2.10 bits per heavy atom. The average Bonchev–Trinajstić information content (AvgIpc) is 2.41. The van der Waals surface area contributed by atoms with Gasteiger partial charge < -0.3 is 15.4 Å². The van der Waals surface area contributed by atoms with Gasteiger partial charge in [0.25, 0.3) is 0 Å². The van der Waals surface area contributed by atoms with Crippen molar-refractivity contribution in [3.63, 3.8) is 0 Å². The zero-order valence-corrected chi connectivity index (χ0v) is 13.4. The summed E-state index contributed by atoms with van der Waals surface area (Å²) in [4.78, 5) is 27.6. The van der Waals surface area contributed by atoms with Gasteiger partial charge in [-0.05, 0) is 13.8 Å². The van der Waals surface area contributed by atoms with E-state index in [1.165, 1.54) is 0 Å². The molecule has 21 heavy (non-hydrogen) atoms. The van der Waals surface area contributed by atoms with Crippen LogP contribution < -0.4 is 10.6 Å². The largest absolute Gasteiger partial charge is 0.383 e. The van der Waals surface area contributed by atoms with E-state index in [1.807, 2.05) is 13.8 Å². The lowest BCUT2D eigenvalue weighted by atomic mass is 10.3. The summed E-state index contributed by atoms with van der Waals surface area (Å²) in [6, 6.07) is 0.0292. The molecule has 0 aliphatic carbocycles. The molecule has 0 radical (unpaired) electrons. The molecule has 1 aliphatic rings. The van der Waals surface area contributed by atoms with Crippen LogP contribution in [0, 0.1) is 0 Å². The Balaban J connectivity index is 2.20. The van der Waals surface area contributed by atoms with Crippen molar-refractivity contribution in [3.05, 3.63) is 0 Å². The number of ether oxygens (including phenoxy) is 1. The van der Waals surface area contributed by atoms with Crippen LogP contribution in [0.2, 0.25) is 0 Å². The van der Waals surface area contributed by atoms with Crippen LogP contribution in [0.5, 0.6) is 0 Å². The van der Waals surface area contributed by atoms with E-state index in [2.05, 4.69) is 20.4 Å². The van der Waals surface area contributed by atoms with Gasteiger partial charge in [-0.1, -0.05) is 0 Å². The minimum Gasteiger partial charge on any atom is -0.383 e. The van der Waals surface area contributed by atoms with Crippen molar-refractivity contribution in [2.24, 2.45) is 0 Å². The predicted octanol–water partition coefficient (Wildman–Crippen LogP) is -1.11. The van der Waals surface area contributed by atoms with Crippen LogP contribution in [0.4, 0.5) is 0 Å². The maximum Gasteiger partial charge on any atom is 0.234 e. The van der Waals surface area contributed by atoms with Gasteiger partial charge in [0.2, 0.25) is 11.8 Å². The van der Waals surface area contributed by atoms with Crippen molar-refractivity contribution in [2.45, 2.75) is 19.9 Å². The molecule has 1 atom stereocenters. The van der Waals surface area contributed by atoms with Crippen LogP contribution in [0.15, 0.2) is 0 Å². The summed E-state index contributed by atoms with van der Waals surface area (Å²) in [7, 11) is 1.62. The molecule has 1 aliphatic heterocycles. The molecule has 2 amide bonds. The molecule has 0 spiro atoms. The van der Waals surface area contributed by atoms with E-state index in [1.54, 1.807) is 7.11 Å². The Hall–Kier alpha value is -1.18. The van der Waals surface area contributed by atoms with Gasteiger partial charge in [-0.15, -0.1) is 0 Å². The number of methoxy groups -OCH3 is 1. The van der Waals surface area contributed by atoms with Gasteiger partial charge in [-0.3, -0.25) is 19.4 Å². The molecule has 0 aromatic rings. The highest BCUT2D eigenvalue weighted by atomic mass is 16.5. The van der Waals surface area contributed by atoms with Gasteiger partial charge in [-0.25, -0.2) is 0 Å². The lowest BCUT2D eigenvalue weighted by molar-refractivity contribution is -0.125. The molecule has 0 unspecified atom stereocenters. The normalized spacial score (nSPS) is 18.2. The van der Waals surface area contributed by atoms with Gasteiger partial charge in [0.1, 0.15) is 0 Å². The van der Waals surface area contributed by atoms with E-state index in [0.29, 0.717) is 26.2 Å². The van der Waals surface area contributed by atoms with E-state index >= 15 is 0 Å². The van der Waals surface area contributed by atoms with E-state index in [4.69, 9.17) is 4.74 Å². The lowest BCUT2D eigenvalue weighted by Crippen LogP contribution is -2.52. The molecule has 1 heterocycles. The number of carbonyl (C=O) groups is 2. The molecule has 0 aromatic carbocycles. The molecule has 1 saturated heterocycles. The number of piperazine rings is 1. The summed E-state index contributed by atoms with van der Waals surface area (Å²) in [6.07, 6.45) is 0. The molecule has 0 aromatic heterocycles. The molecular weight excluding hydrogens is 272 g/mol. The van der Waals surface area contributed by atoms with Gasteiger partial charge in [-0.2, -0.15) is 0 Å². The Morgan fingerprint density at radius 1 is 1.10 bits per heavy atom. The maximum absolute atomic E-state index is 11.9. The summed E-state index contributed by atoms with van der Waals surface area (Å²) in [5.74, 6) is 0.0915. The molecule has 0 saturated carbocycles. The second-order valence-corrected chi connectivity index (χ2v) is 5.43. The monoisotopic (exact) mass is 300 g/mol. The van der Waals surface area contributed by atoms with Crippen molar-refractivity contribution < 1.29 is 14.3 Å². The minimum atomic E-state index is 0.0247. The van der Waals surface area contributed by atoms with Crippen LogP contribution in [-0.4, -0.2) is 87.2 Å². The van der Waals surface area contributed by atoms with Gasteiger partial charge in [0, 0.05) is 45.9 Å².